The predicted octanol–water partition coefficient (Wildman–Crippen LogP) is 1.79. The molecule has 0 spiro atoms. The summed E-state index contributed by atoms with van der Waals surface area (Å²) in [6.07, 6.45) is 0.519. The van der Waals surface area contributed by atoms with Gasteiger partial charge in [-0.05, 0) is 30.7 Å². The van der Waals surface area contributed by atoms with E-state index in [-0.39, 0.29) is 12.4 Å². The number of benzene rings is 1. The molecule has 1 heterocycles. The van der Waals surface area contributed by atoms with Crippen LogP contribution in [0.4, 0.5) is 8.78 Å². The van der Waals surface area contributed by atoms with Crippen molar-refractivity contribution < 1.29 is 18.3 Å². The third kappa shape index (κ3) is 2.33. The van der Waals surface area contributed by atoms with Crippen LogP contribution in [0.5, 0.6) is 0 Å². The molecule has 3 nitrogen and oxygen atoms in total. The Morgan fingerprint density at radius 3 is 2.61 bits per heavy atom. The maximum absolute atomic E-state index is 13.2. The van der Waals surface area contributed by atoms with Gasteiger partial charge in [0, 0.05) is 6.54 Å². The summed E-state index contributed by atoms with van der Waals surface area (Å²) in [4.78, 5) is 11.9. The van der Waals surface area contributed by atoms with E-state index in [1.165, 1.54) is 13.2 Å². The molecule has 0 saturated carbocycles. The van der Waals surface area contributed by atoms with Crippen molar-refractivity contribution in [1.29, 1.82) is 0 Å². The van der Waals surface area contributed by atoms with E-state index in [0.29, 0.717) is 25.1 Å². The smallest absolute Gasteiger partial charge is 0.317 e. The largest absolute Gasteiger partial charge is 0.468 e. The summed E-state index contributed by atoms with van der Waals surface area (Å²) in [5, 5.41) is 3.04. The highest BCUT2D eigenvalue weighted by Crippen LogP contribution is 2.32. The van der Waals surface area contributed by atoms with Crippen molar-refractivity contribution >= 4 is 18.4 Å². The molecule has 0 aliphatic carbocycles. The lowest BCUT2D eigenvalue weighted by molar-refractivity contribution is -0.146. The normalized spacial score (nSPS) is 22.4. The van der Waals surface area contributed by atoms with Crippen molar-refractivity contribution in [3.05, 3.63) is 35.4 Å². The van der Waals surface area contributed by atoms with Crippen molar-refractivity contribution in [2.45, 2.75) is 11.8 Å². The molecule has 1 aromatic carbocycles. The zero-order valence-corrected chi connectivity index (χ0v) is 10.7. The van der Waals surface area contributed by atoms with Gasteiger partial charge in [-0.1, -0.05) is 6.07 Å². The predicted molar refractivity (Wildman–Crippen MR) is 64.8 cm³/mol. The van der Waals surface area contributed by atoms with Crippen LogP contribution >= 0.6 is 12.4 Å². The van der Waals surface area contributed by atoms with Gasteiger partial charge in [0.2, 0.25) is 0 Å². The summed E-state index contributed by atoms with van der Waals surface area (Å²) in [5.74, 6) is -2.29. The minimum atomic E-state index is -0.947. The maximum atomic E-state index is 13.2. The van der Waals surface area contributed by atoms with E-state index >= 15 is 0 Å². The van der Waals surface area contributed by atoms with Crippen LogP contribution in [0, 0.1) is 11.6 Å². The lowest BCUT2D eigenvalue weighted by Crippen LogP contribution is -2.39. The molecule has 1 aromatic rings. The average molecular weight is 278 g/mol. The summed E-state index contributed by atoms with van der Waals surface area (Å²) in [7, 11) is 1.29. The first-order valence-corrected chi connectivity index (χ1v) is 5.35. The van der Waals surface area contributed by atoms with E-state index in [0.717, 1.165) is 12.1 Å². The van der Waals surface area contributed by atoms with Gasteiger partial charge in [-0.15, -0.1) is 12.4 Å². The van der Waals surface area contributed by atoms with Crippen LogP contribution in [0.2, 0.25) is 0 Å². The number of esters is 1. The SMILES string of the molecule is COC(=O)C1(c2ccc(F)c(F)c2)CCNC1.Cl. The first kappa shape index (κ1) is 14.9. The third-order valence-electron chi connectivity index (χ3n) is 3.20. The van der Waals surface area contributed by atoms with Gasteiger partial charge in [-0.3, -0.25) is 4.79 Å². The van der Waals surface area contributed by atoms with E-state index in [1.54, 1.807) is 0 Å². The Balaban J connectivity index is 0.00000162. The van der Waals surface area contributed by atoms with E-state index in [1.807, 2.05) is 0 Å². The Labute approximate surface area is 110 Å². The van der Waals surface area contributed by atoms with Crippen molar-refractivity contribution in [3.8, 4) is 0 Å². The number of methoxy groups -OCH3 is 1. The van der Waals surface area contributed by atoms with Gasteiger partial charge in [-0.25, -0.2) is 8.78 Å². The van der Waals surface area contributed by atoms with E-state index in [9.17, 15) is 13.6 Å². The number of halogens is 3. The van der Waals surface area contributed by atoms with Crippen molar-refractivity contribution in [2.75, 3.05) is 20.2 Å². The van der Waals surface area contributed by atoms with Crippen LogP contribution < -0.4 is 5.32 Å². The van der Waals surface area contributed by atoms with Crippen molar-refractivity contribution in [3.63, 3.8) is 0 Å². The standard InChI is InChI=1S/C12H13F2NO2.ClH/c1-17-11(16)12(4-5-15-7-12)8-2-3-9(13)10(14)6-8;/h2-3,6,15H,4-5,7H2,1H3;1H. The Morgan fingerprint density at radius 2 is 2.11 bits per heavy atom. The maximum Gasteiger partial charge on any atom is 0.317 e. The zero-order chi connectivity index (χ0) is 12.5. The fraction of sp³-hybridized carbons (Fsp3) is 0.417. The number of ether oxygens (including phenoxy) is 1. The van der Waals surface area contributed by atoms with Gasteiger partial charge in [0.05, 0.1) is 7.11 Å². The van der Waals surface area contributed by atoms with Crippen LogP contribution in [0.3, 0.4) is 0 Å². The van der Waals surface area contributed by atoms with Crippen molar-refractivity contribution in [1.82, 2.24) is 5.32 Å². The summed E-state index contributed by atoms with van der Waals surface area (Å²) in [6, 6.07) is 3.54. The van der Waals surface area contributed by atoms with E-state index in [4.69, 9.17) is 4.74 Å². The number of hydrogen-bond acceptors (Lipinski definition) is 3. The molecule has 6 heteroatoms. The molecular weight excluding hydrogens is 264 g/mol. The van der Waals surface area contributed by atoms with Crippen LogP contribution in [0.1, 0.15) is 12.0 Å². The molecule has 0 aromatic heterocycles. The molecule has 1 N–H and O–H groups in total. The second-order valence-electron chi connectivity index (χ2n) is 4.13. The number of rotatable bonds is 2. The Kier molecular flexibility index (Phi) is 4.65. The van der Waals surface area contributed by atoms with Gasteiger partial charge in [0.1, 0.15) is 5.41 Å². The second-order valence-corrected chi connectivity index (χ2v) is 4.13. The highest BCUT2D eigenvalue weighted by Gasteiger charge is 2.44. The fourth-order valence-corrected chi connectivity index (χ4v) is 2.22. The van der Waals surface area contributed by atoms with Gasteiger partial charge >= 0.3 is 5.97 Å². The summed E-state index contributed by atoms with van der Waals surface area (Å²) >= 11 is 0. The third-order valence-corrected chi connectivity index (χ3v) is 3.20. The second kappa shape index (κ2) is 5.63. The molecule has 0 amide bonds. The summed E-state index contributed by atoms with van der Waals surface area (Å²) < 4.78 is 30.9. The number of hydrogen-bond donors (Lipinski definition) is 1. The monoisotopic (exact) mass is 277 g/mol. The molecule has 0 radical (unpaired) electrons. The fourth-order valence-electron chi connectivity index (χ4n) is 2.22. The Morgan fingerprint density at radius 1 is 1.39 bits per heavy atom. The first-order chi connectivity index (χ1) is 8.10. The first-order valence-electron chi connectivity index (χ1n) is 5.35. The van der Waals surface area contributed by atoms with E-state index in [2.05, 4.69) is 5.32 Å². The molecule has 18 heavy (non-hydrogen) atoms. The van der Waals surface area contributed by atoms with Crippen molar-refractivity contribution in [2.24, 2.45) is 0 Å². The highest BCUT2D eigenvalue weighted by atomic mass is 35.5. The quantitative estimate of drug-likeness (QED) is 0.838. The van der Waals surface area contributed by atoms with Crippen LogP contribution in [0.25, 0.3) is 0 Å². The molecule has 1 aliphatic rings. The van der Waals surface area contributed by atoms with Gasteiger partial charge in [-0.2, -0.15) is 0 Å². The minimum absolute atomic E-state index is 0. The Hall–Kier alpha value is -1.20. The molecule has 1 saturated heterocycles. The van der Waals surface area contributed by atoms with Gasteiger partial charge in [0.25, 0.3) is 0 Å². The average Bonchev–Trinajstić information content (AvgIpc) is 2.82. The zero-order valence-electron chi connectivity index (χ0n) is 9.83. The van der Waals surface area contributed by atoms with Gasteiger partial charge in [0.15, 0.2) is 11.6 Å². The van der Waals surface area contributed by atoms with Crippen LogP contribution in [0.15, 0.2) is 18.2 Å². The highest BCUT2D eigenvalue weighted by molar-refractivity contribution is 5.85. The molecular formula is C12H14ClF2NO2. The van der Waals surface area contributed by atoms with Gasteiger partial charge < -0.3 is 10.1 Å². The number of carbonyl (C=O) groups is 1. The Bertz CT molecular complexity index is 448. The summed E-state index contributed by atoms with van der Waals surface area (Å²) in [6.45, 7) is 1.03. The van der Waals surface area contributed by atoms with Crippen LogP contribution in [-0.2, 0) is 14.9 Å². The molecule has 1 unspecified atom stereocenters. The molecule has 1 aliphatic heterocycles. The summed E-state index contributed by atoms with van der Waals surface area (Å²) in [5.41, 5.74) is -0.447. The molecule has 2 rings (SSSR count). The van der Waals surface area contributed by atoms with Crippen LogP contribution in [-0.4, -0.2) is 26.2 Å². The lowest BCUT2D eigenvalue weighted by Gasteiger charge is -2.25. The molecule has 0 bridgehead atoms. The minimum Gasteiger partial charge on any atom is -0.468 e. The molecule has 1 fully saturated rings. The molecule has 100 valence electrons. The topological polar surface area (TPSA) is 38.3 Å². The lowest BCUT2D eigenvalue weighted by atomic mass is 9.79. The number of carbonyl (C=O) groups excluding carboxylic acids is 1. The number of nitrogens with one attached hydrogen (secondary N) is 1. The molecule has 1 atom stereocenters. The van der Waals surface area contributed by atoms with E-state index < -0.39 is 23.0 Å².